The van der Waals surface area contributed by atoms with Crippen LogP contribution in [0.4, 0.5) is 0 Å². The van der Waals surface area contributed by atoms with E-state index >= 15 is 0 Å². The number of furan rings is 1. The highest BCUT2D eigenvalue weighted by molar-refractivity contribution is 6.18. The summed E-state index contributed by atoms with van der Waals surface area (Å²) in [6.45, 7) is 0. The number of nitrogens with zero attached hydrogens (tertiary/aromatic N) is 2. The Balaban J connectivity index is 0.997. The third-order valence-electron chi connectivity index (χ3n) is 10.8. The van der Waals surface area contributed by atoms with Crippen molar-refractivity contribution in [1.29, 1.82) is 0 Å². The molecule has 2 heterocycles. The highest BCUT2D eigenvalue weighted by Crippen LogP contribution is 2.42. The number of para-hydroxylation sites is 3. The molecule has 9 aromatic carbocycles. The lowest BCUT2D eigenvalue weighted by Gasteiger charge is -2.13. The Kier molecular flexibility index (Phi) is 6.86. The molecule has 54 heavy (non-hydrogen) atoms. The highest BCUT2D eigenvalue weighted by Gasteiger charge is 2.18. The lowest BCUT2D eigenvalue weighted by atomic mass is 9.93. The first-order valence-electron chi connectivity index (χ1n) is 18.4. The molecule has 2 aromatic heterocycles. The third-order valence-corrected chi connectivity index (χ3v) is 10.8. The lowest BCUT2D eigenvalue weighted by Crippen LogP contribution is -1.98. The van der Waals surface area contributed by atoms with Crippen LogP contribution in [0.5, 0.6) is 0 Å². The maximum absolute atomic E-state index is 6.56. The number of imidazole rings is 1. The molecule has 0 fully saturated rings. The van der Waals surface area contributed by atoms with Crippen molar-refractivity contribution in [3.05, 3.63) is 194 Å². The van der Waals surface area contributed by atoms with Crippen molar-refractivity contribution in [3.63, 3.8) is 0 Å². The zero-order chi connectivity index (χ0) is 35.6. The molecule has 0 atom stereocenters. The van der Waals surface area contributed by atoms with Gasteiger partial charge in [-0.15, -0.1) is 0 Å². The molecule has 0 saturated carbocycles. The summed E-state index contributed by atoms with van der Waals surface area (Å²) in [7, 11) is 0. The van der Waals surface area contributed by atoms with Crippen LogP contribution in [-0.4, -0.2) is 9.55 Å². The Morgan fingerprint density at radius 2 is 1.02 bits per heavy atom. The number of hydrogen-bond acceptors (Lipinski definition) is 2. The van der Waals surface area contributed by atoms with Crippen molar-refractivity contribution in [1.82, 2.24) is 9.55 Å². The van der Waals surface area contributed by atoms with Gasteiger partial charge in [-0.1, -0.05) is 146 Å². The van der Waals surface area contributed by atoms with E-state index in [1.165, 1.54) is 38.2 Å². The minimum absolute atomic E-state index is 0.911. The Labute approximate surface area is 312 Å². The summed E-state index contributed by atoms with van der Waals surface area (Å²) in [5.41, 5.74) is 13.0. The van der Waals surface area contributed by atoms with Gasteiger partial charge in [0, 0.05) is 27.6 Å². The van der Waals surface area contributed by atoms with Crippen molar-refractivity contribution >= 4 is 54.5 Å². The van der Waals surface area contributed by atoms with E-state index in [-0.39, 0.29) is 0 Å². The number of fused-ring (bicyclic) bond motifs is 6. The van der Waals surface area contributed by atoms with Crippen LogP contribution >= 0.6 is 0 Å². The molecule has 11 aromatic rings. The Morgan fingerprint density at radius 3 is 1.89 bits per heavy atom. The van der Waals surface area contributed by atoms with Crippen molar-refractivity contribution < 1.29 is 4.42 Å². The molecule has 252 valence electrons. The van der Waals surface area contributed by atoms with Gasteiger partial charge in [0.05, 0.1) is 11.0 Å². The molecule has 0 bridgehead atoms. The van der Waals surface area contributed by atoms with Gasteiger partial charge >= 0.3 is 0 Å². The minimum atomic E-state index is 0.911. The van der Waals surface area contributed by atoms with Gasteiger partial charge in [0.15, 0.2) is 0 Å². The van der Waals surface area contributed by atoms with Gasteiger partial charge in [-0.05, 0) is 97.9 Å². The standard InChI is InChI=1S/C51H32N2O/c1-2-11-33(12-3-1)34-21-23-35(24-22-34)51-52-46-18-7-8-19-47(46)53(51)42-15-10-14-36(31-42)37-25-26-39-30-41(28-27-38(39)29-37)49-43-16-5-4-13-40(43)32-45-44-17-6-9-20-48(44)54-50(45)49/h1-32H. The molecular weight excluding hydrogens is 657 g/mol. The molecule has 0 saturated heterocycles. The predicted molar refractivity (Wildman–Crippen MR) is 225 cm³/mol. The van der Waals surface area contributed by atoms with E-state index in [2.05, 4.69) is 193 Å². The zero-order valence-corrected chi connectivity index (χ0v) is 29.3. The normalized spacial score (nSPS) is 11.7. The van der Waals surface area contributed by atoms with Crippen LogP contribution in [0.2, 0.25) is 0 Å². The monoisotopic (exact) mass is 688 g/mol. The summed E-state index contributed by atoms with van der Waals surface area (Å²) in [6, 6.07) is 69.2. The third kappa shape index (κ3) is 4.94. The van der Waals surface area contributed by atoms with Crippen molar-refractivity contribution in [2.75, 3.05) is 0 Å². The molecule has 0 N–H and O–H groups in total. The quantitative estimate of drug-likeness (QED) is 0.180. The van der Waals surface area contributed by atoms with Crippen LogP contribution in [0.25, 0.3) is 105 Å². The molecule has 0 aliphatic rings. The summed E-state index contributed by atoms with van der Waals surface area (Å²) >= 11 is 0. The summed E-state index contributed by atoms with van der Waals surface area (Å²) in [6.07, 6.45) is 0. The average Bonchev–Trinajstić information content (AvgIpc) is 3.82. The van der Waals surface area contributed by atoms with Gasteiger partial charge in [0.25, 0.3) is 0 Å². The van der Waals surface area contributed by atoms with E-state index in [4.69, 9.17) is 9.40 Å². The lowest BCUT2D eigenvalue weighted by molar-refractivity contribution is 0.670. The van der Waals surface area contributed by atoms with Gasteiger partial charge in [-0.3, -0.25) is 4.57 Å². The van der Waals surface area contributed by atoms with E-state index in [1.54, 1.807) is 0 Å². The van der Waals surface area contributed by atoms with Gasteiger partial charge in [0.1, 0.15) is 17.0 Å². The van der Waals surface area contributed by atoms with Crippen molar-refractivity contribution in [3.8, 4) is 50.5 Å². The van der Waals surface area contributed by atoms with Crippen LogP contribution in [-0.2, 0) is 0 Å². The van der Waals surface area contributed by atoms with E-state index in [1.807, 2.05) is 6.07 Å². The largest absolute Gasteiger partial charge is 0.455 e. The highest BCUT2D eigenvalue weighted by atomic mass is 16.3. The number of benzene rings is 9. The van der Waals surface area contributed by atoms with Crippen LogP contribution in [0.15, 0.2) is 199 Å². The zero-order valence-electron chi connectivity index (χ0n) is 29.3. The summed E-state index contributed by atoms with van der Waals surface area (Å²) < 4.78 is 8.84. The van der Waals surface area contributed by atoms with Crippen molar-refractivity contribution in [2.45, 2.75) is 0 Å². The van der Waals surface area contributed by atoms with E-state index in [0.29, 0.717) is 0 Å². The van der Waals surface area contributed by atoms with Crippen LogP contribution in [0.3, 0.4) is 0 Å². The van der Waals surface area contributed by atoms with E-state index in [9.17, 15) is 0 Å². The van der Waals surface area contributed by atoms with Crippen LogP contribution in [0.1, 0.15) is 0 Å². The summed E-state index contributed by atoms with van der Waals surface area (Å²) in [5.74, 6) is 0.922. The number of hydrogen-bond donors (Lipinski definition) is 0. The molecule has 0 radical (unpaired) electrons. The predicted octanol–water partition coefficient (Wildman–Crippen LogP) is 13.9. The molecule has 0 aliphatic heterocycles. The molecule has 0 amide bonds. The van der Waals surface area contributed by atoms with Crippen LogP contribution in [0, 0.1) is 0 Å². The fourth-order valence-corrected chi connectivity index (χ4v) is 8.14. The summed E-state index contributed by atoms with van der Waals surface area (Å²) in [5, 5.41) is 7.06. The fraction of sp³-hybridized carbons (Fsp3) is 0. The molecule has 3 heteroatoms. The van der Waals surface area contributed by atoms with Gasteiger partial charge in [-0.2, -0.15) is 0 Å². The Bertz CT molecular complexity index is 3210. The minimum Gasteiger partial charge on any atom is -0.455 e. The number of aromatic nitrogens is 2. The molecule has 0 unspecified atom stereocenters. The first kappa shape index (κ1) is 30.4. The Hall–Kier alpha value is -7.23. The van der Waals surface area contributed by atoms with Gasteiger partial charge < -0.3 is 4.42 Å². The number of rotatable bonds is 5. The fourth-order valence-electron chi connectivity index (χ4n) is 8.14. The summed E-state index contributed by atoms with van der Waals surface area (Å²) in [4.78, 5) is 5.14. The second-order valence-electron chi connectivity index (χ2n) is 14.0. The molecular formula is C51H32N2O. The first-order valence-corrected chi connectivity index (χ1v) is 18.4. The molecule has 11 rings (SSSR count). The van der Waals surface area contributed by atoms with Crippen LogP contribution < -0.4 is 0 Å². The maximum atomic E-state index is 6.56. The smallest absolute Gasteiger partial charge is 0.145 e. The second kappa shape index (κ2) is 12.2. The van der Waals surface area contributed by atoms with Gasteiger partial charge in [-0.25, -0.2) is 4.98 Å². The second-order valence-corrected chi connectivity index (χ2v) is 14.0. The topological polar surface area (TPSA) is 31.0 Å². The Morgan fingerprint density at radius 1 is 0.389 bits per heavy atom. The molecule has 3 nitrogen and oxygen atoms in total. The van der Waals surface area contributed by atoms with E-state index < -0.39 is 0 Å². The van der Waals surface area contributed by atoms with Gasteiger partial charge in [0.2, 0.25) is 0 Å². The average molecular weight is 689 g/mol. The molecule has 0 spiro atoms. The first-order chi connectivity index (χ1) is 26.7. The van der Waals surface area contributed by atoms with E-state index in [0.717, 1.165) is 66.7 Å². The molecule has 0 aliphatic carbocycles. The maximum Gasteiger partial charge on any atom is 0.145 e. The SMILES string of the molecule is c1ccc(-c2ccc(-c3nc4ccccc4n3-c3cccc(-c4ccc5cc(-c6c7ccccc7cc7c6oc6ccccc67)ccc5c4)c3)cc2)cc1. The van der Waals surface area contributed by atoms with Crippen molar-refractivity contribution in [2.24, 2.45) is 0 Å².